The summed E-state index contributed by atoms with van der Waals surface area (Å²) in [5, 5.41) is 5.09. The summed E-state index contributed by atoms with van der Waals surface area (Å²) in [5.74, 6) is -2.55. The van der Waals surface area contributed by atoms with Gasteiger partial charge in [-0.15, -0.1) is 0 Å². The molecule has 0 heterocycles. The number of esters is 1. The molecule has 0 aromatic heterocycles. The molecule has 0 aliphatic rings. The van der Waals surface area contributed by atoms with E-state index in [9.17, 15) is 18.8 Å². The summed E-state index contributed by atoms with van der Waals surface area (Å²) in [6, 6.07) is 4.50. The van der Waals surface area contributed by atoms with E-state index in [1.165, 1.54) is 18.2 Å². The normalized spacial score (nSPS) is 12.0. The minimum atomic E-state index is -0.981. The predicted molar refractivity (Wildman–Crippen MR) is 91.3 cm³/mol. The molecule has 0 bridgehead atoms. The molecule has 0 unspecified atom stereocenters. The Bertz CT molecular complexity index is 617. The first kappa shape index (κ1) is 20.6. The molecule has 138 valence electrons. The maximum Gasteiger partial charge on any atom is 0.329 e. The maximum absolute atomic E-state index is 13.7. The fourth-order valence-corrected chi connectivity index (χ4v) is 1.96. The monoisotopic (exact) mass is 352 g/mol. The Hall–Kier alpha value is -2.44. The van der Waals surface area contributed by atoms with E-state index in [0.717, 1.165) is 6.07 Å². The lowest BCUT2D eigenvalue weighted by Gasteiger charge is -2.21. The van der Waals surface area contributed by atoms with E-state index in [-0.39, 0.29) is 17.4 Å². The van der Waals surface area contributed by atoms with E-state index in [4.69, 9.17) is 4.74 Å². The van der Waals surface area contributed by atoms with E-state index in [1.807, 2.05) is 13.8 Å². The fourth-order valence-electron chi connectivity index (χ4n) is 1.96. The number of hydrogen-bond donors (Lipinski definition) is 2. The molecule has 0 spiro atoms. The average molecular weight is 352 g/mol. The van der Waals surface area contributed by atoms with Crippen LogP contribution in [0.2, 0.25) is 0 Å². The average Bonchev–Trinajstić information content (AvgIpc) is 2.55. The molecule has 1 atom stereocenters. The Kier molecular flexibility index (Phi) is 8.04. The highest BCUT2D eigenvalue weighted by molar-refractivity contribution is 5.97. The van der Waals surface area contributed by atoms with Gasteiger partial charge in [0, 0.05) is 6.54 Å². The summed E-state index contributed by atoms with van der Waals surface area (Å²) in [7, 11) is 0. The molecule has 1 rings (SSSR count). The van der Waals surface area contributed by atoms with Crippen LogP contribution in [-0.4, -0.2) is 37.0 Å². The number of rotatable bonds is 8. The molecule has 0 saturated carbocycles. The first-order valence-corrected chi connectivity index (χ1v) is 8.21. The van der Waals surface area contributed by atoms with Crippen molar-refractivity contribution in [2.75, 3.05) is 13.2 Å². The van der Waals surface area contributed by atoms with Crippen molar-refractivity contribution in [3.8, 4) is 0 Å². The zero-order valence-electron chi connectivity index (χ0n) is 15.0. The van der Waals surface area contributed by atoms with Gasteiger partial charge in [-0.05, 0) is 24.0 Å². The van der Waals surface area contributed by atoms with E-state index < -0.39 is 36.2 Å². The smallest absolute Gasteiger partial charge is 0.329 e. The number of halogens is 1. The highest BCUT2D eigenvalue weighted by Crippen LogP contribution is 2.09. The number of ether oxygens (including phenoxy) is 1. The molecule has 7 heteroatoms. The highest BCUT2D eigenvalue weighted by Gasteiger charge is 2.27. The Labute approximate surface area is 147 Å². The first-order valence-electron chi connectivity index (χ1n) is 8.21. The third-order valence-electron chi connectivity index (χ3n) is 3.38. The molecule has 0 fully saturated rings. The van der Waals surface area contributed by atoms with Crippen molar-refractivity contribution in [3.63, 3.8) is 0 Å². The van der Waals surface area contributed by atoms with Gasteiger partial charge in [-0.1, -0.05) is 39.8 Å². The van der Waals surface area contributed by atoms with Gasteiger partial charge in [0.1, 0.15) is 11.9 Å². The molecule has 0 radical (unpaired) electrons. The summed E-state index contributed by atoms with van der Waals surface area (Å²) < 4.78 is 18.6. The fraction of sp³-hybridized carbons (Fsp3) is 0.500. The van der Waals surface area contributed by atoms with Crippen molar-refractivity contribution in [2.24, 2.45) is 11.8 Å². The third-order valence-corrected chi connectivity index (χ3v) is 3.38. The van der Waals surface area contributed by atoms with Gasteiger partial charge >= 0.3 is 5.97 Å². The predicted octanol–water partition coefficient (Wildman–Crippen LogP) is 1.90. The number of nitrogens with one attached hydrogen (secondary N) is 2. The first-order chi connectivity index (χ1) is 11.7. The molecule has 1 aromatic rings. The summed E-state index contributed by atoms with van der Waals surface area (Å²) in [4.78, 5) is 35.9. The van der Waals surface area contributed by atoms with E-state index in [0.29, 0.717) is 6.54 Å². The number of carbonyl (C=O) groups excluding carboxylic acids is 3. The minimum absolute atomic E-state index is 0.157. The summed E-state index contributed by atoms with van der Waals surface area (Å²) >= 11 is 0. The molecule has 6 nitrogen and oxygen atoms in total. The Morgan fingerprint density at radius 1 is 1.12 bits per heavy atom. The molecule has 2 amide bonds. The van der Waals surface area contributed by atoms with Crippen LogP contribution in [0.15, 0.2) is 24.3 Å². The van der Waals surface area contributed by atoms with Crippen molar-refractivity contribution < 1.29 is 23.5 Å². The van der Waals surface area contributed by atoms with Gasteiger partial charge in [0.2, 0.25) is 0 Å². The van der Waals surface area contributed by atoms with Crippen molar-refractivity contribution in [1.29, 1.82) is 0 Å². The van der Waals surface area contributed by atoms with Gasteiger partial charge in [0.15, 0.2) is 6.61 Å². The van der Waals surface area contributed by atoms with Crippen molar-refractivity contribution >= 4 is 17.8 Å². The molecular formula is C18H25FN2O4. The lowest BCUT2D eigenvalue weighted by Crippen LogP contribution is -2.46. The zero-order chi connectivity index (χ0) is 19.0. The van der Waals surface area contributed by atoms with Crippen LogP contribution in [-0.2, 0) is 14.3 Å². The van der Waals surface area contributed by atoms with E-state index in [1.54, 1.807) is 13.8 Å². The third kappa shape index (κ3) is 6.91. The second-order valence-electron chi connectivity index (χ2n) is 6.48. The van der Waals surface area contributed by atoms with Crippen molar-refractivity contribution in [2.45, 2.75) is 33.7 Å². The zero-order valence-corrected chi connectivity index (χ0v) is 15.0. The Balaban J connectivity index is 2.64. The van der Waals surface area contributed by atoms with Gasteiger partial charge in [-0.25, -0.2) is 9.18 Å². The van der Waals surface area contributed by atoms with Crippen molar-refractivity contribution in [3.05, 3.63) is 35.6 Å². The SMILES string of the molecule is CC(C)CNC(=O)COC(=O)[C@@H](NC(=O)c1ccccc1F)C(C)C. The Morgan fingerprint density at radius 2 is 1.76 bits per heavy atom. The van der Waals surface area contributed by atoms with Crippen LogP contribution >= 0.6 is 0 Å². The topological polar surface area (TPSA) is 84.5 Å². The molecule has 1 aromatic carbocycles. The number of carbonyl (C=O) groups is 3. The van der Waals surface area contributed by atoms with Crippen LogP contribution in [0.4, 0.5) is 4.39 Å². The van der Waals surface area contributed by atoms with Crippen LogP contribution in [0.1, 0.15) is 38.1 Å². The van der Waals surface area contributed by atoms with E-state index >= 15 is 0 Å². The van der Waals surface area contributed by atoms with Crippen LogP contribution in [0.3, 0.4) is 0 Å². The highest BCUT2D eigenvalue weighted by atomic mass is 19.1. The van der Waals surface area contributed by atoms with Gasteiger partial charge in [0.25, 0.3) is 11.8 Å². The number of hydrogen-bond acceptors (Lipinski definition) is 4. The molecule has 0 saturated heterocycles. The van der Waals surface area contributed by atoms with Crippen LogP contribution in [0.25, 0.3) is 0 Å². The van der Waals surface area contributed by atoms with Gasteiger partial charge < -0.3 is 15.4 Å². The van der Waals surface area contributed by atoms with Gasteiger partial charge in [0.05, 0.1) is 5.56 Å². The van der Waals surface area contributed by atoms with Gasteiger partial charge in [-0.2, -0.15) is 0 Å². The molecule has 0 aliphatic heterocycles. The van der Waals surface area contributed by atoms with Crippen LogP contribution in [0, 0.1) is 17.7 Å². The second-order valence-corrected chi connectivity index (χ2v) is 6.48. The molecule has 2 N–H and O–H groups in total. The standard InChI is InChI=1S/C18H25FN2O4/c1-11(2)9-20-15(22)10-25-18(24)16(12(3)4)21-17(23)13-7-5-6-8-14(13)19/h5-8,11-12,16H,9-10H2,1-4H3,(H,20,22)(H,21,23)/t16-/m0/s1. The summed E-state index contributed by atoms with van der Waals surface area (Å²) in [6.07, 6.45) is 0. The van der Waals surface area contributed by atoms with E-state index in [2.05, 4.69) is 10.6 Å². The number of amides is 2. The second kappa shape index (κ2) is 9.76. The lowest BCUT2D eigenvalue weighted by molar-refractivity contribution is -0.151. The minimum Gasteiger partial charge on any atom is -0.454 e. The number of benzene rings is 1. The summed E-state index contributed by atoms with van der Waals surface area (Å²) in [5.41, 5.74) is -0.157. The van der Waals surface area contributed by atoms with Crippen LogP contribution < -0.4 is 10.6 Å². The van der Waals surface area contributed by atoms with Gasteiger partial charge in [-0.3, -0.25) is 9.59 Å². The van der Waals surface area contributed by atoms with Crippen LogP contribution in [0.5, 0.6) is 0 Å². The largest absolute Gasteiger partial charge is 0.454 e. The molecule has 25 heavy (non-hydrogen) atoms. The maximum atomic E-state index is 13.7. The molecule has 0 aliphatic carbocycles. The van der Waals surface area contributed by atoms with Crippen molar-refractivity contribution in [1.82, 2.24) is 10.6 Å². The summed E-state index contributed by atoms with van der Waals surface area (Å²) in [6.45, 7) is 7.37. The Morgan fingerprint density at radius 3 is 2.32 bits per heavy atom. The molecular weight excluding hydrogens is 327 g/mol. The lowest BCUT2D eigenvalue weighted by atomic mass is 10.0. The quantitative estimate of drug-likeness (QED) is 0.700.